The average Bonchev–Trinajstić information content (AvgIpc) is 2.73. The molecule has 0 aliphatic carbocycles. The van der Waals surface area contributed by atoms with Crippen LogP contribution >= 0.6 is 11.6 Å². The van der Waals surface area contributed by atoms with Crippen LogP contribution in [0, 0.1) is 0 Å². The first-order valence-electron chi connectivity index (χ1n) is 9.87. The largest absolute Gasteiger partial charge is 0.348 e. The van der Waals surface area contributed by atoms with Gasteiger partial charge in [0.25, 0.3) is 5.91 Å². The Morgan fingerprint density at radius 2 is 1.93 bits per heavy atom. The summed E-state index contributed by atoms with van der Waals surface area (Å²) in [5.74, 6) is -0.0522. The van der Waals surface area contributed by atoms with Gasteiger partial charge < -0.3 is 5.32 Å². The molecule has 1 amide bonds. The number of rotatable bonds is 4. The predicted octanol–water partition coefficient (Wildman–Crippen LogP) is 5.58. The standard InChI is InChI=1S/C24H25ClN2O/c1-27-14-3-2-7-23(27)21-6-4-5-18-10-11-19(15-22(18)21)24(28)26-16-17-8-12-20(25)13-9-17/h4-6,8-13,15,23H,2-3,7,14,16H2,1H3,(H,26,28). The summed E-state index contributed by atoms with van der Waals surface area (Å²) in [6.07, 6.45) is 3.69. The van der Waals surface area contributed by atoms with Crippen molar-refractivity contribution in [1.29, 1.82) is 0 Å². The van der Waals surface area contributed by atoms with Crippen LogP contribution < -0.4 is 5.32 Å². The molecular weight excluding hydrogens is 368 g/mol. The average molecular weight is 393 g/mol. The third-order valence-corrected chi connectivity index (χ3v) is 5.93. The summed E-state index contributed by atoms with van der Waals surface area (Å²) >= 11 is 5.92. The first-order valence-corrected chi connectivity index (χ1v) is 10.3. The number of nitrogens with zero attached hydrogens (tertiary/aromatic N) is 1. The number of hydrogen-bond acceptors (Lipinski definition) is 2. The summed E-state index contributed by atoms with van der Waals surface area (Å²) in [4.78, 5) is 15.2. The molecule has 1 saturated heterocycles. The summed E-state index contributed by atoms with van der Waals surface area (Å²) in [6, 6.07) is 20.4. The lowest BCUT2D eigenvalue weighted by Gasteiger charge is -2.33. The van der Waals surface area contributed by atoms with Gasteiger partial charge in [-0.05, 0) is 72.6 Å². The highest BCUT2D eigenvalue weighted by Gasteiger charge is 2.22. The molecule has 0 radical (unpaired) electrons. The van der Waals surface area contributed by atoms with E-state index in [1.54, 1.807) is 0 Å². The van der Waals surface area contributed by atoms with Crippen LogP contribution in [0.1, 0.15) is 46.8 Å². The summed E-state index contributed by atoms with van der Waals surface area (Å²) in [5.41, 5.74) is 3.06. The van der Waals surface area contributed by atoms with E-state index in [1.807, 2.05) is 36.4 Å². The Kier molecular flexibility index (Phi) is 5.65. The molecule has 1 aliphatic rings. The van der Waals surface area contributed by atoms with Crippen molar-refractivity contribution in [3.63, 3.8) is 0 Å². The van der Waals surface area contributed by atoms with Crippen molar-refractivity contribution in [2.45, 2.75) is 31.8 Å². The molecule has 144 valence electrons. The number of fused-ring (bicyclic) bond motifs is 1. The maximum atomic E-state index is 12.7. The number of hydrogen-bond donors (Lipinski definition) is 1. The van der Waals surface area contributed by atoms with Crippen LogP contribution in [0.25, 0.3) is 10.8 Å². The molecular formula is C24H25ClN2O. The van der Waals surface area contributed by atoms with Crippen LogP contribution in [0.3, 0.4) is 0 Å². The zero-order valence-corrected chi connectivity index (χ0v) is 16.9. The molecule has 4 heteroatoms. The number of benzene rings is 3. The van der Waals surface area contributed by atoms with E-state index < -0.39 is 0 Å². The van der Waals surface area contributed by atoms with Gasteiger partial charge in [-0.3, -0.25) is 9.69 Å². The minimum atomic E-state index is -0.0522. The maximum Gasteiger partial charge on any atom is 0.251 e. The van der Waals surface area contributed by atoms with Crippen molar-refractivity contribution < 1.29 is 4.79 Å². The van der Waals surface area contributed by atoms with E-state index in [9.17, 15) is 4.79 Å². The van der Waals surface area contributed by atoms with Gasteiger partial charge in [0.1, 0.15) is 0 Å². The molecule has 3 aromatic carbocycles. The molecule has 1 atom stereocenters. The summed E-state index contributed by atoms with van der Waals surface area (Å²) in [5, 5.41) is 6.08. The van der Waals surface area contributed by atoms with Gasteiger partial charge in [-0.1, -0.05) is 54.4 Å². The zero-order valence-electron chi connectivity index (χ0n) is 16.1. The Morgan fingerprint density at radius 1 is 1.11 bits per heavy atom. The van der Waals surface area contributed by atoms with Crippen molar-refractivity contribution in [3.8, 4) is 0 Å². The Labute approximate surface area is 171 Å². The summed E-state index contributed by atoms with van der Waals surface area (Å²) < 4.78 is 0. The van der Waals surface area contributed by atoms with Gasteiger partial charge in [0.05, 0.1) is 0 Å². The van der Waals surface area contributed by atoms with Gasteiger partial charge in [0.2, 0.25) is 0 Å². The minimum Gasteiger partial charge on any atom is -0.348 e. The van der Waals surface area contributed by atoms with Gasteiger partial charge in [0.15, 0.2) is 0 Å². The van der Waals surface area contributed by atoms with Gasteiger partial charge >= 0.3 is 0 Å². The predicted molar refractivity (Wildman–Crippen MR) is 116 cm³/mol. The van der Waals surface area contributed by atoms with Gasteiger partial charge in [-0.2, -0.15) is 0 Å². The Bertz CT molecular complexity index is 984. The molecule has 3 aromatic rings. The normalized spacial score (nSPS) is 17.6. The van der Waals surface area contributed by atoms with E-state index in [4.69, 9.17) is 11.6 Å². The van der Waals surface area contributed by atoms with Crippen LogP contribution in [-0.2, 0) is 6.54 Å². The lowest BCUT2D eigenvalue weighted by molar-refractivity contribution is 0.0951. The third-order valence-electron chi connectivity index (χ3n) is 5.67. The van der Waals surface area contributed by atoms with Crippen LogP contribution in [-0.4, -0.2) is 24.4 Å². The van der Waals surface area contributed by atoms with Crippen LogP contribution in [0.2, 0.25) is 5.02 Å². The van der Waals surface area contributed by atoms with E-state index in [2.05, 4.69) is 41.5 Å². The summed E-state index contributed by atoms with van der Waals surface area (Å²) in [7, 11) is 2.20. The third kappa shape index (κ3) is 4.06. The molecule has 4 rings (SSSR count). The van der Waals surface area contributed by atoms with Crippen molar-refractivity contribution in [1.82, 2.24) is 10.2 Å². The maximum absolute atomic E-state index is 12.7. The van der Waals surface area contributed by atoms with E-state index in [0.29, 0.717) is 23.2 Å². The van der Waals surface area contributed by atoms with Crippen LogP contribution in [0.15, 0.2) is 60.7 Å². The number of halogens is 1. The van der Waals surface area contributed by atoms with Crippen molar-refractivity contribution in [3.05, 3.63) is 82.4 Å². The molecule has 1 N–H and O–H groups in total. The van der Waals surface area contributed by atoms with Crippen LogP contribution in [0.4, 0.5) is 0 Å². The van der Waals surface area contributed by atoms with E-state index in [-0.39, 0.29) is 5.91 Å². The Hall–Kier alpha value is -2.36. The number of amides is 1. The molecule has 1 heterocycles. The molecule has 1 aliphatic heterocycles. The number of carbonyl (C=O) groups is 1. The highest BCUT2D eigenvalue weighted by molar-refractivity contribution is 6.30. The fraction of sp³-hybridized carbons (Fsp3) is 0.292. The number of nitrogens with one attached hydrogen (secondary N) is 1. The number of likely N-dealkylation sites (tertiary alicyclic amines) is 1. The van der Waals surface area contributed by atoms with E-state index in [1.165, 1.54) is 35.6 Å². The highest BCUT2D eigenvalue weighted by Crippen LogP contribution is 2.34. The molecule has 0 spiro atoms. The summed E-state index contributed by atoms with van der Waals surface area (Å²) in [6.45, 7) is 1.61. The van der Waals surface area contributed by atoms with Gasteiger partial charge in [-0.15, -0.1) is 0 Å². The van der Waals surface area contributed by atoms with Gasteiger partial charge in [-0.25, -0.2) is 0 Å². The highest BCUT2D eigenvalue weighted by atomic mass is 35.5. The van der Waals surface area contributed by atoms with Crippen LogP contribution in [0.5, 0.6) is 0 Å². The second kappa shape index (κ2) is 8.34. The second-order valence-electron chi connectivity index (χ2n) is 7.58. The molecule has 0 saturated carbocycles. The molecule has 3 nitrogen and oxygen atoms in total. The fourth-order valence-corrected chi connectivity index (χ4v) is 4.21. The Morgan fingerprint density at radius 3 is 2.71 bits per heavy atom. The first kappa shape index (κ1) is 19.0. The second-order valence-corrected chi connectivity index (χ2v) is 8.02. The van der Waals surface area contributed by atoms with Crippen molar-refractivity contribution in [2.75, 3.05) is 13.6 Å². The molecule has 0 aromatic heterocycles. The minimum absolute atomic E-state index is 0.0522. The smallest absolute Gasteiger partial charge is 0.251 e. The molecule has 28 heavy (non-hydrogen) atoms. The molecule has 1 fully saturated rings. The first-order chi connectivity index (χ1) is 13.6. The SMILES string of the molecule is CN1CCCCC1c1cccc2ccc(C(=O)NCc3ccc(Cl)cc3)cc12. The van der Waals surface area contributed by atoms with Gasteiger partial charge in [0, 0.05) is 23.2 Å². The van der Waals surface area contributed by atoms with Crippen molar-refractivity contribution >= 4 is 28.3 Å². The molecule has 1 unspecified atom stereocenters. The van der Waals surface area contributed by atoms with E-state index >= 15 is 0 Å². The topological polar surface area (TPSA) is 32.3 Å². The van der Waals surface area contributed by atoms with E-state index in [0.717, 1.165) is 12.1 Å². The quantitative estimate of drug-likeness (QED) is 0.628. The fourth-order valence-electron chi connectivity index (χ4n) is 4.08. The lowest BCUT2D eigenvalue weighted by Crippen LogP contribution is -2.29. The number of carbonyl (C=O) groups excluding carboxylic acids is 1. The molecule has 0 bridgehead atoms. The Balaban J connectivity index is 1.58. The lowest BCUT2D eigenvalue weighted by atomic mass is 9.91. The zero-order chi connectivity index (χ0) is 19.5. The number of piperidine rings is 1. The van der Waals surface area contributed by atoms with Crippen molar-refractivity contribution in [2.24, 2.45) is 0 Å². The monoisotopic (exact) mass is 392 g/mol.